The highest BCUT2D eigenvalue weighted by molar-refractivity contribution is 5.76. The summed E-state index contributed by atoms with van der Waals surface area (Å²) in [5.41, 5.74) is 0.0210. The number of carbonyl (C=O) groups is 2. The average Bonchev–Trinajstić information content (AvgIpc) is 2.44. The maximum Gasteiger partial charge on any atom is 0.317 e. The zero-order valence-electron chi connectivity index (χ0n) is 15.8. The minimum atomic E-state index is -0.126. The summed E-state index contributed by atoms with van der Waals surface area (Å²) in [7, 11) is 0. The monoisotopic (exact) mass is 339 g/mol. The van der Waals surface area contributed by atoms with Crippen molar-refractivity contribution in [2.75, 3.05) is 19.7 Å². The van der Waals surface area contributed by atoms with E-state index in [-0.39, 0.29) is 35.0 Å². The molecule has 0 aromatic rings. The fourth-order valence-electron chi connectivity index (χ4n) is 4.27. The molecule has 2 rings (SSSR count). The van der Waals surface area contributed by atoms with E-state index in [0.29, 0.717) is 32.5 Å². The molecule has 2 aliphatic heterocycles. The Bertz CT molecular complexity index is 452. The van der Waals surface area contributed by atoms with Crippen molar-refractivity contribution in [3.05, 3.63) is 0 Å². The Hall–Kier alpha value is -1.30. The summed E-state index contributed by atoms with van der Waals surface area (Å²) >= 11 is 0. The SMILES string of the molecule is CCOC(=O)C1CCN(C(=O)NC2CC(C)(C)NC(C)(C)C2)CC1. The lowest BCUT2D eigenvalue weighted by Gasteiger charge is -2.47. The summed E-state index contributed by atoms with van der Waals surface area (Å²) in [5, 5.41) is 6.83. The standard InChI is InChI=1S/C18H33N3O3/c1-6-24-15(22)13-7-9-21(10-8-13)16(23)19-14-11-17(2,3)20-18(4,5)12-14/h13-14,20H,6-12H2,1-5H3,(H,19,23). The molecule has 0 bridgehead atoms. The number of nitrogens with zero attached hydrogens (tertiary/aromatic N) is 1. The summed E-state index contributed by atoms with van der Waals surface area (Å²) in [5.74, 6) is -0.190. The molecule has 0 aliphatic carbocycles. The van der Waals surface area contributed by atoms with Crippen LogP contribution in [0.25, 0.3) is 0 Å². The van der Waals surface area contributed by atoms with Gasteiger partial charge in [0.25, 0.3) is 0 Å². The third kappa shape index (κ3) is 5.10. The number of carbonyl (C=O) groups excluding carboxylic acids is 2. The first-order valence-corrected chi connectivity index (χ1v) is 9.13. The highest BCUT2D eigenvalue weighted by Crippen LogP contribution is 2.28. The Balaban J connectivity index is 1.84. The van der Waals surface area contributed by atoms with Crippen molar-refractivity contribution >= 4 is 12.0 Å². The highest BCUT2D eigenvalue weighted by atomic mass is 16.5. The molecule has 6 nitrogen and oxygen atoms in total. The van der Waals surface area contributed by atoms with Crippen LogP contribution in [0, 0.1) is 5.92 Å². The maximum absolute atomic E-state index is 12.6. The lowest BCUT2D eigenvalue weighted by Crippen LogP contribution is -2.63. The minimum Gasteiger partial charge on any atom is -0.466 e. The van der Waals surface area contributed by atoms with Gasteiger partial charge in [-0.15, -0.1) is 0 Å². The van der Waals surface area contributed by atoms with Crippen LogP contribution in [0.15, 0.2) is 0 Å². The Labute approximate surface area is 145 Å². The van der Waals surface area contributed by atoms with E-state index in [1.807, 2.05) is 11.8 Å². The quantitative estimate of drug-likeness (QED) is 0.774. The number of rotatable bonds is 3. The topological polar surface area (TPSA) is 70.7 Å². The Morgan fingerprint density at radius 3 is 2.17 bits per heavy atom. The molecule has 2 heterocycles. The summed E-state index contributed by atoms with van der Waals surface area (Å²) in [4.78, 5) is 26.2. The second-order valence-electron chi connectivity index (χ2n) is 8.46. The van der Waals surface area contributed by atoms with Gasteiger partial charge in [0.2, 0.25) is 0 Å². The van der Waals surface area contributed by atoms with Crippen molar-refractivity contribution in [1.82, 2.24) is 15.5 Å². The van der Waals surface area contributed by atoms with Crippen LogP contribution in [0.1, 0.15) is 60.3 Å². The smallest absolute Gasteiger partial charge is 0.317 e. The number of amides is 2. The van der Waals surface area contributed by atoms with Gasteiger partial charge in [0.05, 0.1) is 12.5 Å². The molecular weight excluding hydrogens is 306 g/mol. The second kappa shape index (κ2) is 7.30. The van der Waals surface area contributed by atoms with E-state index < -0.39 is 0 Å². The van der Waals surface area contributed by atoms with Gasteiger partial charge in [0, 0.05) is 30.2 Å². The fraction of sp³-hybridized carbons (Fsp3) is 0.889. The molecule has 0 aromatic heterocycles. The molecule has 0 atom stereocenters. The number of urea groups is 1. The molecule has 2 amide bonds. The molecule has 138 valence electrons. The van der Waals surface area contributed by atoms with Crippen molar-refractivity contribution in [2.24, 2.45) is 5.92 Å². The number of esters is 1. The predicted molar refractivity (Wildman–Crippen MR) is 93.8 cm³/mol. The van der Waals surface area contributed by atoms with Gasteiger partial charge < -0.3 is 20.3 Å². The largest absolute Gasteiger partial charge is 0.466 e. The lowest BCUT2D eigenvalue weighted by molar-refractivity contribution is -0.149. The van der Waals surface area contributed by atoms with Gasteiger partial charge in [-0.05, 0) is 60.3 Å². The summed E-state index contributed by atoms with van der Waals surface area (Å²) in [6.45, 7) is 12.2. The van der Waals surface area contributed by atoms with Crippen LogP contribution in [0.2, 0.25) is 0 Å². The van der Waals surface area contributed by atoms with Gasteiger partial charge in [-0.2, -0.15) is 0 Å². The number of ether oxygens (including phenoxy) is 1. The van der Waals surface area contributed by atoms with Crippen molar-refractivity contribution < 1.29 is 14.3 Å². The van der Waals surface area contributed by atoms with E-state index in [0.717, 1.165) is 12.8 Å². The third-order valence-electron chi connectivity index (χ3n) is 4.92. The van der Waals surface area contributed by atoms with Crippen LogP contribution in [0.5, 0.6) is 0 Å². The zero-order valence-corrected chi connectivity index (χ0v) is 15.8. The van der Waals surface area contributed by atoms with E-state index >= 15 is 0 Å². The number of hydrogen-bond acceptors (Lipinski definition) is 4. The van der Waals surface area contributed by atoms with Gasteiger partial charge in [-0.3, -0.25) is 4.79 Å². The number of hydrogen-bond donors (Lipinski definition) is 2. The van der Waals surface area contributed by atoms with Crippen LogP contribution in [0.4, 0.5) is 4.79 Å². The van der Waals surface area contributed by atoms with E-state index in [4.69, 9.17) is 4.74 Å². The second-order valence-corrected chi connectivity index (χ2v) is 8.46. The van der Waals surface area contributed by atoms with Gasteiger partial charge in [0.15, 0.2) is 0 Å². The molecule has 2 saturated heterocycles. The van der Waals surface area contributed by atoms with Gasteiger partial charge in [-0.25, -0.2) is 4.79 Å². The van der Waals surface area contributed by atoms with Crippen LogP contribution < -0.4 is 10.6 Å². The first kappa shape index (κ1) is 19.0. The van der Waals surface area contributed by atoms with Crippen LogP contribution >= 0.6 is 0 Å². The molecule has 2 N–H and O–H groups in total. The van der Waals surface area contributed by atoms with Gasteiger partial charge in [0.1, 0.15) is 0 Å². The minimum absolute atomic E-state index is 0.00388. The van der Waals surface area contributed by atoms with Gasteiger partial charge in [-0.1, -0.05) is 0 Å². The third-order valence-corrected chi connectivity index (χ3v) is 4.92. The first-order chi connectivity index (χ1) is 11.1. The molecule has 24 heavy (non-hydrogen) atoms. The fourth-order valence-corrected chi connectivity index (χ4v) is 4.27. The summed E-state index contributed by atoms with van der Waals surface area (Å²) in [6.07, 6.45) is 3.22. The molecule has 0 spiro atoms. The molecule has 0 aromatic carbocycles. The Morgan fingerprint density at radius 1 is 1.12 bits per heavy atom. The molecular formula is C18H33N3O3. The van der Waals surface area contributed by atoms with Crippen molar-refractivity contribution in [3.63, 3.8) is 0 Å². The molecule has 0 radical (unpaired) electrons. The van der Waals surface area contributed by atoms with Crippen LogP contribution in [-0.2, 0) is 9.53 Å². The average molecular weight is 339 g/mol. The molecule has 2 fully saturated rings. The molecule has 0 saturated carbocycles. The van der Waals surface area contributed by atoms with Crippen LogP contribution in [-0.4, -0.2) is 53.7 Å². The van der Waals surface area contributed by atoms with Crippen molar-refractivity contribution in [2.45, 2.75) is 77.4 Å². The van der Waals surface area contributed by atoms with E-state index in [9.17, 15) is 9.59 Å². The van der Waals surface area contributed by atoms with E-state index in [1.165, 1.54) is 0 Å². The lowest BCUT2D eigenvalue weighted by atomic mass is 9.79. The predicted octanol–water partition coefficient (Wildman–Crippen LogP) is 2.28. The highest BCUT2D eigenvalue weighted by Gasteiger charge is 2.39. The van der Waals surface area contributed by atoms with E-state index in [2.05, 4.69) is 38.3 Å². The number of piperidine rings is 2. The zero-order chi connectivity index (χ0) is 18.0. The summed E-state index contributed by atoms with van der Waals surface area (Å²) in [6, 6.07) is 0.169. The molecule has 0 unspecified atom stereocenters. The Morgan fingerprint density at radius 2 is 1.67 bits per heavy atom. The number of nitrogens with one attached hydrogen (secondary N) is 2. The number of likely N-dealkylation sites (tertiary alicyclic amines) is 1. The maximum atomic E-state index is 12.6. The normalized spacial score (nSPS) is 24.5. The van der Waals surface area contributed by atoms with Gasteiger partial charge >= 0.3 is 12.0 Å². The molecule has 2 aliphatic rings. The first-order valence-electron chi connectivity index (χ1n) is 9.13. The molecule has 6 heteroatoms. The van der Waals surface area contributed by atoms with E-state index in [1.54, 1.807) is 0 Å². The van der Waals surface area contributed by atoms with Crippen LogP contribution in [0.3, 0.4) is 0 Å². The van der Waals surface area contributed by atoms with Crippen molar-refractivity contribution in [1.29, 1.82) is 0 Å². The van der Waals surface area contributed by atoms with Crippen molar-refractivity contribution in [3.8, 4) is 0 Å². The summed E-state index contributed by atoms with van der Waals surface area (Å²) < 4.78 is 5.08. The Kier molecular flexibility index (Phi) is 5.78.